The number of carbonyl (C=O) groups excluding carboxylic acids is 1. The van der Waals surface area contributed by atoms with Crippen LogP contribution in [0.5, 0.6) is 0 Å². The molecule has 0 spiro atoms. The molecule has 16 nitrogen and oxygen atoms in total. The van der Waals surface area contributed by atoms with E-state index in [4.69, 9.17) is 29.4 Å². The topological polar surface area (TPSA) is 239 Å². The molecule has 278 valence electrons. The number of esters is 1. The summed E-state index contributed by atoms with van der Waals surface area (Å²) in [5.41, 5.74) is -3.05. The Labute approximate surface area is 283 Å². The van der Waals surface area contributed by atoms with Gasteiger partial charge in [0.15, 0.2) is 46.8 Å². The number of methoxy groups -OCH3 is 1. The number of aliphatic hydroxyl groups excluding tert-OH is 1. The summed E-state index contributed by atoms with van der Waals surface area (Å²) in [5, 5.41) is 43.3. The monoisotopic (exact) mass is 735 g/mol. The second-order valence-electron chi connectivity index (χ2n) is 10.4. The van der Waals surface area contributed by atoms with Gasteiger partial charge in [-0.05, 0) is 24.6 Å². The van der Waals surface area contributed by atoms with Crippen molar-refractivity contribution in [1.82, 2.24) is 5.32 Å². The normalized spacial score (nSPS) is 17.1. The van der Waals surface area contributed by atoms with Crippen molar-refractivity contribution in [3.05, 3.63) is 97.3 Å². The number of dihydropyridines is 1. The molecular weight excluding hydrogens is 705 g/mol. The predicted molar refractivity (Wildman–Crippen MR) is 158 cm³/mol. The van der Waals surface area contributed by atoms with Crippen LogP contribution in [0, 0.1) is 39.2 Å². The molecule has 0 saturated carbocycles. The maximum absolute atomic E-state index is 15.9. The quantitative estimate of drug-likeness (QED) is 0.0279. The lowest BCUT2D eigenvalue weighted by atomic mass is 9.78. The van der Waals surface area contributed by atoms with Gasteiger partial charge >= 0.3 is 17.9 Å². The molecule has 2 aromatic carbocycles. The number of nitrogens with zero attached hydrogens (tertiary/aromatic N) is 1. The predicted octanol–water partition coefficient (Wildman–Crippen LogP) is 1.87. The Morgan fingerprint density at radius 3 is 2.00 bits per heavy atom. The van der Waals surface area contributed by atoms with Gasteiger partial charge in [0.2, 0.25) is 5.82 Å². The van der Waals surface area contributed by atoms with Gasteiger partial charge in [-0.15, -0.1) is 0 Å². The molecule has 0 bridgehead atoms. The highest BCUT2D eigenvalue weighted by Gasteiger charge is 2.59. The molecule has 21 heteroatoms. The number of nitrogens with two attached hydrogens (primary N) is 1. The molecule has 0 fully saturated rings. The molecule has 3 unspecified atom stereocenters. The van der Waals surface area contributed by atoms with E-state index < -0.39 is 111 Å². The lowest BCUT2D eigenvalue weighted by Crippen LogP contribution is -2.54. The highest BCUT2D eigenvalue weighted by molar-refractivity contribution is 5.94. The van der Waals surface area contributed by atoms with Crippen molar-refractivity contribution in [3.8, 4) is 0 Å². The average Bonchev–Trinajstić information content (AvgIpc) is 3.09. The van der Waals surface area contributed by atoms with Crippen molar-refractivity contribution in [3.63, 3.8) is 0 Å². The Morgan fingerprint density at radius 1 is 0.922 bits per heavy atom. The number of benzene rings is 2. The number of ether oxygens (including phenoxy) is 5. The van der Waals surface area contributed by atoms with Crippen LogP contribution in [0.3, 0.4) is 0 Å². The third-order valence-electron chi connectivity index (χ3n) is 7.11. The first-order chi connectivity index (χ1) is 24.0. The van der Waals surface area contributed by atoms with Crippen LogP contribution in [0.15, 0.2) is 47.0 Å². The molecule has 1 heterocycles. The van der Waals surface area contributed by atoms with Crippen molar-refractivity contribution in [2.75, 3.05) is 40.1 Å². The number of carboxylic acids is 2. The molecule has 0 radical (unpaired) electrons. The van der Waals surface area contributed by atoms with Gasteiger partial charge in [0.25, 0.3) is 5.69 Å². The number of halogens is 5. The zero-order valence-corrected chi connectivity index (χ0v) is 26.5. The Balaban J connectivity index is 2.42. The maximum Gasteiger partial charge on any atom is 0.340 e. The van der Waals surface area contributed by atoms with Crippen molar-refractivity contribution in [1.29, 1.82) is 0 Å². The van der Waals surface area contributed by atoms with Gasteiger partial charge in [0.05, 0.1) is 55.4 Å². The number of nitro groups is 1. The Hall–Kier alpha value is -5.22. The molecule has 3 atom stereocenters. The van der Waals surface area contributed by atoms with E-state index in [-0.39, 0.29) is 37.6 Å². The number of allylic oxidation sites excluding steroid dienone is 1. The van der Waals surface area contributed by atoms with Gasteiger partial charge in [-0.3, -0.25) is 10.1 Å². The summed E-state index contributed by atoms with van der Waals surface area (Å²) in [6, 6.07) is 4.34. The van der Waals surface area contributed by atoms with Crippen molar-refractivity contribution >= 4 is 23.6 Å². The van der Waals surface area contributed by atoms with Crippen LogP contribution in [0.4, 0.5) is 27.6 Å². The Bertz CT molecular complexity index is 1710. The van der Waals surface area contributed by atoms with E-state index in [0.717, 1.165) is 38.3 Å². The number of aliphatic hydroxyl groups is 1. The van der Waals surface area contributed by atoms with Crippen molar-refractivity contribution < 1.29 is 80.3 Å². The highest BCUT2D eigenvalue weighted by Crippen LogP contribution is 2.50. The van der Waals surface area contributed by atoms with Crippen LogP contribution in [0.2, 0.25) is 0 Å². The van der Waals surface area contributed by atoms with E-state index in [9.17, 15) is 53.0 Å². The molecule has 1 aliphatic rings. The Morgan fingerprint density at radius 2 is 1.49 bits per heavy atom. The summed E-state index contributed by atoms with van der Waals surface area (Å²) in [4.78, 5) is 48.5. The molecule has 0 amide bonds. The Kier molecular flexibility index (Phi) is 13.5. The second kappa shape index (κ2) is 17.1. The number of hydrogen-bond acceptors (Lipinski definition) is 13. The van der Waals surface area contributed by atoms with Gasteiger partial charge in [-0.25, -0.2) is 36.3 Å². The van der Waals surface area contributed by atoms with Crippen LogP contribution in [0.25, 0.3) is 0 Å². The molecule has 6 N–H and O–H groups in total. The molecule has 2 aromatic rings. The fraction of sp³-hybridized carbons (Fsp3) is 0.367. The number of carbonyl (C=O) groups is 3. The molecule has 1 aliphatic heterocycles. The van der Waals surface area contributed by atoms with Crippen LogP contribution in [0.1, 0.15) is 18.1 Å². The number of nitrogens with one attached hydrogen (secondary N) is 1. The fourth-order valence-corrected chi connectivity index (χ4v) is 4.91. The van der Waals surface area contributed by atoms with Gasteiger partial charge in [-0.1, -0.05) is 0 Å². The standard InChI is InChI=1S/C30H30F5N3O13/c1-13-26(47-2)30(51-25(28(42)43)24(39)27(40)41,18-19(31)21(33)23(35)22(34)20(18)32)17(16(37-13)12-49-10-9-48-8-7-36)29(44)50-11-14-3-5-15(6-4-14)38(45)46/h3-6,24-25,37,39H,7-12,36H2,1-2H3,(H,40,41)(H,42,43). The second-order valence-corrected chi connectivity index (χ2v) is 10.4. The zero-order valence-electron chi connectivity index (χ0n) is 26.5. The minimum absolute atomic E-state index is 0.0688. The molecule has 0 aliphatic carbocycles. The van der Waals surface area contributed by atoms with E-state index in [1.54, 1.807) is 0 Å². The van der Waals surface area contributed by atoms with Crippen LogP contribution in [-0.4, -0.2) is 90.4 Å². The third kappa shape index (κ3) is 8.40. The number of nitro benzene ring substituents is 1. The van der Waals surface area contributed by atoms with Crippen molar-refractivity contribution in [2.24, 2.45) is 5.73 Å². The summed E-state index contributed by atoms with van der Waals surface area (Å²) < 4.78 is 103. The van der Waals surface area contributed by atoms with Gasteiger partial charge in [-0.2, -0.15) is 0 Å². The first-order valence-electron chi connectivity index (χ1n) is 14.4. The number of aliphatic carboxylic acids is 2. The van der Waals surface area contributed by atoms with E-state index in [0.29, 0.717) is 0 Å². The fourth-order valence-electron chi connectivity index (χ4n) is 4.91. The summed E-state index contributed by atoms with van der Waals surface area (Å²) in [6.07, 6.45) is -6.21. The largest absolute Gasteiger partial charge is 0.495 e. The lowest BCUT2D eigenvalue weighted by Gasteiger charge is -2.43. The number of hydrogen-bond donors (Lipinski definition) is 5. The average molecular weight is 736 g/mol. The lowest BCUT2D eigenvalue weighted by molar-refractivity contribution is -0.384. The van der Waals surface area contributed by atoms with Gasteiger partial charge in [0, 0.05) is 18.7 Å². The smallest absolute Gasteiger partial charge is 0.340 e. The van der Waals surface area contributed by atoms with E-state index in [1.165, 1.54) is 0 Å². The molecule has 0 saturated heterocycles. The molecule has 0 aromatic heterocycles. The first-order valence-corrected chi connectivity index (χ1v) is 14.4. The van der Waals surface area contributed by atoms with E-state index in [2.05, 4.69) is 5.32 Å². The maximum atomic E-state index is 15.9. The number of non-ortho nitro benzene ring substituents is 1. The SMILES string of the molecule is COC1=C(C)NC(COCCOCCN)=C(C(=O)OCc2ccc([N+](=O)[O-])cc2)C1(OC(C(=O)O)C(O)C(=O)O)c1c(F)c(F)c(F)c(F)c1F. The van der Waals surface area contributed by atoms with Crippen molar-refractivity contribution in [2.45, 2.75) is 31.3 Å². The first kappa shape index (κ1) is 40.2. The molecule has 51 heavy (non-hydrogen) atoms. The van der Waals surface area contributed by atoms with E-state index >= 15 is 8.78 Å². The van der Waals surface area contributed by atoms with Gasteiger partial charge in [0.1, 0.15) is 12.2 Å². The number of carboxylic acid groups (broad SMARTS) is 2. The van der Waals surface area contributed by atoms with Crippen LogP contribution >= 0.6 is 0 Å². The van der Waals surface area contributed by atoms with E-state index in [1.807, 2.05) is 0 Å². The minimum Gasteiger partial charge on any atom is -0.495 e. The molecule has 3 rings (SSSR count). The van der Waals surface area contributed by atoms with Crippen LogP contribution < -0.4 is 11.1 Å². The minimum atomic E-state index is -3.74. The third-order valence-corrected chi connectivity index (χ3v) is 7.11. The number of rotatable bonds is 18. The summed E-state index contributed by atoms with van der Waals surface area (Å²) in [7, 11) is 0.768. The van der Waals surface area contributed by atoms with Crippen LogP contribution in [-0.2, 0) is 50.3 Å². The summed E-state index contributed by atoms with van der Waals surface area (Å²) in [5.74, 6) is -20.6. The summed E-state index contributed by atoms with van der Waals surface area (Å²) >= 11 is 0. The highest BCUT2D eigenvalue weighted by atomic mass is 19.2. The molecular formula is C30H30F5N3O13. The van der Waals surface area contributed by atoms with Gasteiger partial charge < -0.3 is 50.1 Å². The summed E-state index contributed by atoms with van der Waals surface area (Å²) in [6.45, 7) is -0.632. The zero-order chi connectivity index (χ0) is 38.2.